The molecule has 1 N–H and O–H groups in total. The molecule has 2 unspecified atom stereocenters. The molecule has 4 rings (SSSR count). The number of ether oxygens (including phenoxy) is 1. The van der Waals surface area contributed by atoms with Crippen LogP contribution < -0.4 is 10.1 Å². The van der Waals surface area contributed by atoms with Gasteiger partial charge in [-0.25, -0.2) is 0 Å². The van der Waals surface area contributed by atoms with Crippen molar-refractivity contribution in [3.63, 3.8) is 0 Å². The predicted octanol–water partition coefficient (Wildman–Crippen LogP) is 3.46. The third-order valence-electron chi connectivity index (χ3n) is 5.28. The molecule has 2 aromatic carbocycles. The van der Waals surface area contributed by atoms with Crippen molar-refractivity contribution in [2.45, 2.75) is 44.9 Å². The van der Waals surface area contributed by atoms with E-state index in [0.29, 0.717) is 6.54 Å². The van der Waals surface area contributed by atoms with Gasteiger partial charge >= 0.3 is 0 Å². The van der Waals surface area contributed by atoms with Crippen LogP contribution in [0.5, 0.6) is 5.75 Å². The highest BCUT2D eigenvalue weighted by atomic mass is 16.5. The van der Waals surface area contributed by atoms with Gasteiger partial charge in [-0.2, -0.15) is 0 Å². The van der Waals surface area contributed by atoms with Crippen LogP contribution >= 0.6 is 0 Å². The molecule has 0 saturated heterocycles. The van der Waals surface area contributed by atoms with Crippen molar-refractivity contribution in [3.05, 3.63) is 65.2 Å². The van der Waals surface area contributed by atoms with E-state index < -0.39 is 0 Å². The fourth-order valence-corrected chi connectivity index (χ4v) is 4.14. The molecule has 1 aliphatic carbocycles. The van der Waals surface area contributed by atoms with Crippen LogP contribution in [0, 0.1) is 0 Å². The molecule has 1 heterocycles. The summed E-state index contributed by atoms with van der Waals surface area (Å²) in [6.45, 7) is 3.96. The van der Waals surface area contributed by atoms with Crippen LogP contribution in [0.3, 0.4) is 0 Å². The largest absolute Gasteiger partial charge is 0.489 e. The molecule has 136 valence electrons. The van der Waals surface area contributed by atoms with Crippen LogP contribution in [0.15, 0.2) is 48.5 Å². The second kappa shape index (κ2) is 7.50. The van der Waals surface area contributed by atoms with Crippen molar-refractivity contribution in [1.29, 1.82) is 0 Å². The number of aryl methyl sites for hydroxylation is 1. The highest BCUT2D eigenvalue weighted by molar-refractivity contribution is 5.78. The van der Waals surface area contributed by atoms with Crippen molar-refractivity contribution in [1.82, 2.24) is 10.2 Å². The van der Waals surface area contributed by atoms with Gasteiger partial charge in [-0.05, 0) is 43.4 Å². The topological polar surface area (TPSA) is 41.6 Å². The third-order valence-corrected chi connectivity index (χ3v) is 5.28. The maximum Gasteiger partial charge on any atom is 0.234 e. The minimum atomic E-state index is 0.0712. The second-order valence-electron chi connectivity index (χ2n) is 7.42. The molecular weight excluding hydrogens is 324 g/mol. The van der Waals surface area contributed by atoms with Crippen LogP contribution in [0.4, 0.5) is 0 Å². The maximum atomic E-state index is 12.7. The van der Waals surface area contributed by atoms with E-state index in [4.69, 9.17) is 4.74 Å². The van der Waals surface area contributed by atoms with Crippen molar-refractivity contribution >= 4 is 5.91 Å². The number of hydrogen-bond donors (Lipinski definition) is 1. The number of para-hydroxylation sites is 1. The molecule has 26 heavy (non-hydrogen) atoms. The molecule has 1 amide bonds. The number of carbonyl (C=O) groups excluding carboxylic acids is 1. The Kier molecular flexibility index (Phi) is 4.93. The second-order valence-corrected chi connectivity index (χ2v) is 7.42. The minimum absolute atomic E-state index is 0.0712. The first-order valence-corrected chi connectivity index (χ1v) is 9.53. The number of amides is 1. The smallest absolute Gasteiger partial charge is 0.234 e. The van der Waals surface area contributed by atoms with E-state index in [-0.39, 0.29) is 18.1 Å². The first-order chi connectivity index (χ1) is 12.7. The average molecular weight is 350 g/mol. The zero-order valence-corrected chi connectivity index (χ0v) is 15.3. The van der Waals surface area contributed by atoms with Crippen molar-refractivity contribution in [3.8, 4) is 5.75 Å². The van der Waals surface area contributed by atoms with E-state index in [1.165, 1.54) is 11.1 Å². The Morgan fingerprint density at radius 3 is 2.81 bits per heavy atom. The zero-order chi connectivity index (χ0) is 17.9. The van der Waals surface area contributed by atoms with Gasteiger partial charge in [0.1, 0.15) is 11.9 Å². The minimum Gasteiger partial charge on any atom is -0.489 e. The standard InChI is InChI=1S/C22H26N2O2/c1-16-13-24(14-18-8-3-5-12-21(18)26-16)15-22(25)23-20-11-6-9-17-7-2-4-10-19(17)20/h2-5,7-8,10,12,16,20H,6,9,11,13-15H2,1H3,(H,23,25). The third kappa shape index (κ3) is 3.75. The monoisotopic (exact) mass is 350 g/mol. The summed E-state index contributed by atoms with van der Waals surface area (Å²) >= 11 is 0. The lowest BCUT2D eigenvalue weighted by Crippen LogP contribution is -2.41. The van der Waals surface area contributed by atoms with Gasteiger partial charge < -0.3 is 10.1 Å². The van der Waals surface area contributed by atoms with Crippen molar-refractivity contribution in [2.24, 2.45) is 0 Å². The van der Waals surface area contributed by atoms with Crippen LogP contribution in [-0.4, -0.2) is 30.0 Å². The number of carbonyl (C=O) groups is 1. The van der Waals surface area contributed by atoms with Gasteiger partial charge in [0.05, 0.1) is 12.6 Å². The number of fused-ring (bicyclic) bond motifs is 2. The lowest BCUT2D eigenvalue weighted by Gasteiger charge is -2.28. The molecule has 0 radical (unpaired) electrons. The van der Waals surface area contributed by atoms with Gasteiger partial charge in [0.2, 0.25) is 5.91 Å². The quantitative estimate of drug-likeness (QED) is 0.922. The van der Waals surface area contributed by atoms with Crippen LogP contribution in [0.1, 0.15) is 42.5 Å². The Morgan fingerprint density at radius 1 is 1.15 bits per heavy atom. The number of nitrogens with one attached hydrogen (secondary N) is 1. The molecule has 2 aliphatic rings. The molecule has 1 aliphatic heterocycles. The van der Waals surface area contributed by atoms with Gasteiger partial charge in [0.15, 0.2) is 0 Å². The summed E-state index contributed by atoms with van der Waals surface area (Å²) in [6, 6.07) is 16.7. The molecule has 0 saturated carbocycles. The SMILES string of the molecule is CC1CN(CC(=O)NC2CCCc3ccccc32)Cc2ccccc2O1. The summed E-state index contributed by atoms with van der Waals surface area (Å²) < 4.78 is 5.99. The average Bonchev–Trinajstić information content (AvgIpc) is 2.79. The molecule has 0 spiro atoms. The molecule has 0 fully saturated rings. The van der Waals surface area contributed by atoms with Crippen LogP contribution in [0.2, 0.25) is 0 Å². The predicted molar refractivity (Wildman–Crippen MR) is 102 cm³/mol. The van der Waals surface area contributed by atoms with E-state index in [1.807, 2.05) is 18.2 Å². The zero-order valence-electron chi connectivity index (χ0n) is 15.3. The van der Waals surface area contributed by atoms with E-state index in [9.17, 15) is 4.79 Å². The van der Waals surface area contributed by atoms with E-state index in [2.05, 4.69) is 47.5 Å². The normalized spacial score (nSPS) is 22.5. The first-order valence-electron chi connectivity index (χ1n) is 9.53. The van der Waals surface area contributed by atoms with Crippen molar-refractivity contribution < 1.29 is 9.53 Å². The Morgan fingerprint density at radius 2 is 1.92 bits per heavy atom. The van der Waals surface area contributed by atoms with Gasteiger partial charge in [-0.1, -0.05) is 42.5 Å². The van der Waals surface area contributed by atoms with Crippen molar-refractivity contribution in [2.75, 3.05) is 13.1 Å². The summed E-state index contributed by atoms with van der Waals surface area (Å²) in [7, 11) is 0. The Bertz CT molecular complexity index is 789. The lowest BCUT2D eigenvalue weighted by molar-refractivity contribution is -0.123. The Labute approximate surface area is 155 Å². The summed E-state index contributed by atoms with van der Waals surface area (Å²) in [4.78, 5) is 14.9. The molecule has 0 bridgehead atoms. The summed E-state index contributed by atoms with van der Waals surface area (Å²) in [5, 5.41) is 3.26. The summed E-state index contributed by atoms with van der Waals surface area (Å²) in [5.41, 5.74) is 3.80. The van der Waals surface area contributed by atoms with E-state index in [1.54, 1.807) is 0 Å². The van der Waals surface area contributed by atoms with E-state index in [0.717, 1.165) is 43.7 Å². The van der Waals surface area contributed by atoms with Gasteiger partial charge in [-0.3, -0.25) is 9.69 Å². The highest BCUT2D eigenvalue weighted by Crippen LogP contribution is 2.29. The Balaban J connectivity index is 1.42. The summed E-state index contributed by atoms with van der Waals surface area (Å²) in [5.74, 6) is 1.03. The molecule has 2 aromatic rings. The summed E-state index contributed by atoms with van der Waals surface area (Å²) in [6.07, 6.45) is 3.33. The molecule has 4 nitrogen and oxygen atoms in total. The molecule has 4 heteroatoms. The van der Waals surface area contributed by atoms with Crippen LogP contribution in [-0.2, 0) is 17.8 Å². The van der Waals surface area contributed by atoms with Crippen LogP contribution in [0.25, 0.3) is 0 Å². The molecule has 2 atom stereocenters. The molecular formula is C22H26N2O2. The highest BCUT2D eigenvalue weighted by Gasteiger charge is 2.24. The Hall–Kier alpha value is -2.33. The van der Waals surface area contributed by atoms with Gasteiger partial charge in [0.25, 0.3) is 0 Å². The maximum absolute atomic E-state index is 12.7. The number of rotatable bonds is 3. The number of hydrogen-bond acceptors (Lipinski definition) is 3. The number of benzene rings is 2. The van der Waals surface area contributed by atoms with Gasteiger partial charge in [-0.15, -0.1) is 0 Å². The van der Waals surface area contributed by atoms with E-state index >= 15 is 0 Å². The fourth-order valence-electron chi connectivity index (χ4n) is 4.14. The molecule has 0 aromatic heterocycles. The first kappa shape index (κ1) is 17.1. The lowest BCUT2D eigenvalue weighted by atomic mass is 9.88. The number of nitrogens with zero attached hydrogens (tertiary/aromatic N) is 1. The van der Waals surface area contributed by atoms with Gasteiger partial charge in [0, 0.05) is 18.7 Å². The fraction of sp³-hybridized carbons (Fsp3) is 0.409.